The Morgan fingerprint density at radius 3 is 2.17 bits per heavy atom. The van der Waals surface area contributed by atoms with E-state index in [1.54, 1.807) is 0 Å². The van der Waals surface area contributed by atoms with Crippen LogP contribution in [0.1, 0.15) is 32.6 Å². The Hall–Kier alpha value is -0.120. The van der Waals surface area contributed by atoms with Crippen molar-refractivity contribution < 1.29 is 0 Å². The van der Waals surface area contributed by atoms with E-state index in [1.165, 1.54) is 78.0 Å². The minimum Gasteiger partial charge on any atom is -0.304 e. The van der Waals surface area contributed by atoms with E-state index in [0.29, 0.717) is 0 Å². The first-order valence-electron chi connectivity index (χ1n) is 7.91. The summed E-state index contributed by atoms with van der Waals surface area (Å²) >= 11 is 0. The van der Waals surface area contributed by atoms with Crippen LogP contribution in [0.5, 0.6) is 0 Å². The quantitative estimate of drug-likeness (QED) is 0.739. The van der Waals surface area contributed by atoms with E-state index in [4.69, 9.17) is 0 Å². The number of hydrogen-bond donors (Lipinski definition) is 0. The summed E-state index contributed by atoms with van der Waals surface area (Å²) in [7, 11) is 2.23. The fourth-order valence-corrected chi connectivity index (χ4v) is 3.27. The van der Waals surface area contributed by atoms with Gasteiger partial charge in [0.1, 0.15) is 0 Å². The van der Waals surface area contributed by atoms with Crippen LogP contribution in [0.4, 0.5) is 0 Å². The second kappa shape index (κ2) is 7.46. The number of piperidine rings is 1. The summed E-state index contributed by atoms with van der Waals surface area (Å²) in [5.41, 5.74) is 0. The molecule has 3 heteroatoms. The van der Waals surface area contributed by atoms with Gasteiger partial charge in [-0.3, -0.25) is 0 Å². The maximum absolute atomic E-state index is 2.65. The van der Waals surface area contributed by atoms with Gasteiger partial charge in [0.15, 0.2) is 0 Å². The highest BCUT2D eigenvalue weighted by atomic mass is 15.2. The van der Waals surface area contributed by atoms with E-state index >= 15 is 0 Å². The van der Waals surface area contributed by atoms with Crippen LogP contribution in [-0.2, 0) is 0 Å². The Bertz CT molecular complexity index is 216. The molecule has 106 valence electrons. The molecule has 2 saturated heterocycles. The monoisotopic (exact) mass is 253 g/mol. The third-order valence-corrected chi connectivity index (χ3v) is 4.84. The van der Waals surface area contributed by atoms with Crippen molar-refractivity contribution in [2.45, 2.75) is 32.6 Å². The van der Waals surface area contributed by atoms with Crippen LogP contribution in [0.15, 0.2) is 0 Å². The van der Waals surface area contributed by atoms with Gasteiger partial charge in [-0.2, -0.15) is 0 Å². The molecular weight excluding hydrogens is 222 g/mol. The van der Waals surface area contributed by atoms with E-state index in [-0.39, 0.29) is 0 Å². The van der Waals surface area contributed by atoms with Crippen LogP contribution >= 0.6 is 0 Å². The van der Waals surface area contributed by atoms with Gasteiger partial charge in [0, 0.05) is 26.2 Å². The zero-order valence-corrected chi connectivity index (χ0v) is 12.4. The van der Waals surface area contributed by atoms with Crippen LogP contribution in [0.3, 0.4) is 0 Å². The van der Waals surface area contributed by atoms with Gasteiger partial charge in [0.05, 0.1) is 0 Å². The predicted molar refractivity (Wildman–Crippen MR) is 78.0 cm³/mol. The summed E-state index contributed by atoms with van der Waals surface area (Å²) in [6.07, 6.45) is 5.76. The maximum atomic E-state index is 2.65. The zero-order valence-electron chi connectivity index (χ0n) is 12.4. The smallest absolute Gasteiger partial charge is 0.0110 e. The van der Waals surface area contributed by atoms with Crippen molar-refractivity contribution >= 4 is 0 Å². The molecule has 2 rings (SSSR count). The standard InChI is InChI=1S/C15H31N3/c1-3-17-9-6-15(7-10-17)5-4-8-18-13-11-16(2)12-14-18/h15H,3-14H2,1-2H3. The lowest BCUT2D eigenvalue weighted by molar-refractivity contribution is 0.143. The van der Waals surface area contributed by atoms with Gasteiger partial charge in [0.25, 0.3) is 0 Å². The summed E-state index contributed by atoms with van der Waals surface area (Å²) in [4.78, 5) is 7.69. The molecule has 2 aliphatic rings. The minimum atomic E-state index is 1.01. The molecule has 0 unspecified atom stereocenters. The molecule has 3 nitrogen and oxygen atoms in total. The Morgan fingerprint density at radius 2 is 1.56 bits per heavy atom. The van der Waals surface area contributed by atoms with Gasteiger partial charge >= 0.3 is 0 Å². The number of likely N-dealkylation sites (N-methyl/N-ethyl adjacent to an activating group) is 1. The Morgan fingerprint density at radius 1 is 0.889 bits per heavy atom. The van der Waals surface area contributed by atoms with E-state index in [1.807, 2.05) is 0 Å². The molecule has 0 saturated carbocycles. The second-order valence-corrected chi connectivity index (χ2v) is 6.16. The second-order valence-electron chi connectivity index (χ2n) is 6.16. The third kappa shape index (κ3) is 4.52. The van der Waals surface area contributed by atoms with Gasteiger partial charge in [-0.1, -0.05) is 6.92 Å². The highest BCUT2D eigenvalue weighted by Gasteiger charge is 2.18. The van der Waals surface area contributed by atoms with Gasteiger partial charge in [-0.15, -0.1) is 0 Å². The molecule has 0 aromatic rings. The first kappa shape index (κ1) is 14.3. The molecule has 0 atom stereocenters. The van der Waals surface area contributed by atoms with Crippen molar-refractivity contribution in [3.63, 3.8) is 0 Å². The van der Waals surface area contributed by atoms with Crippen molar-refractivity contribution in [3.8, 4) is 0 Å². The van der Waals surface area contributed by atoms with E-state index in [0.717, 1.165) is 5.92 Å². The summed E-state index contributed by atoms with van der Waals surface area (Å²) in [6.45, 7) is 12.6. The van der Waals surface area contributed by atoms with Gasteiger partial charge in [0.2, 0.25) is 0 Å². The van der Waals surface area contributed by atoms with E-state index in [2.05, 4.69) is 28.7 Å². The molecule has 0 radical (unpaired) electrons. The lowest BCUT2D eigenvalue weighted by Gasteiger charge is -2.34. The molecule has 0 aliphatic carbocycles. The molecule has 0 amide bonds. The van der Waals surface area contributed by atoms with Crippen LogP contribution in [0, 0.1) is 5.92 Å². The van der Waals surface area contributed by atoms with E-state index in [9.17, 15) is 0 Å². The highest BCUT2D eigenvalue weighted by Crippen LogP contribution is 2.21. The Balaban J connectivity index is 1.53. The topological polar surface area (TPSA) is 9.72 Å². The predicted octanol–water partition coefficient (Wildman–Crippen LogP) is 1.75. The van der Waals surface area contributed by atoms with Crippen molar-refractivity contribution in [3.05, 3.63) is 0 Å². The van der Waals surface area contributed by atoms with Crippen molar-refractivity contribution in [2.24, 2.45) is 5.92 Å². The molecule has 0 aromatic heterocycles. The van der Waals surface area contributed by atoms with Crippen LogP contribution in [-0.4, -0.2) is 74.1 Å². The molecule has 18 heavy (non-hydrogen) atoms. The third-order valence-electron chi connectivity index (χ3n) is 4.84. The minimum absolute atomic E-state index is 1.01. The molecule has 0 bridgehead atoms. The number of piperazine rings is 1. The summed E-state index contributed by atoms with van der Waals surface area (Å²) < 4.78 is 0. The number of nitrogens with zero attached hydrogens (tertiary/aromatic N) is 3. The van der Waals surface area contributed by atoms with Crippen LogP contribution in [0.25, 0.3) is 0 Å². The van der Waals surface area contributed by atoms with Crippen molar-refractivity contribution in [1.29, 1.82) is 0 Å². The van der Waals surface area contributed by atoms with Gasteiger partial charge in [-0.05, 0) is 64.8 Å². The van der Waals surface area contributed by atoms with Crippen molar-refractivity contribution in [1.82, 2.24) is 14.7 Å². The Kier molecular flexibility index (Phi) is 5.93. The highest BCUT2D eigenvalue weighted by molar-refractivity contribution is 4.73. The fourth-order valence-electron chi connectivity index (χ4n) is 3.27. The number of rotatable bonds is 5. The molecule has 2 heterocycles. The molecule has 0 aromatic carbocycles. The van der Waals surface area contributed by atoms with Gasteiger partial charge < -0.3 is 14.7 Å². The van der Waals surface area contributed by atoms with Crippen molar-refractivity contribution in [2.75, 3.05) is 59.4 Å². The summed E-state index contributed by atoms with van der Waals surface area (Å²) in [5, 5.41) is 0. The van der Waals surface area contributed by atoms with Crippen LogP contribution in [0.2, 0.25) is 0 Å². The SMILES string of the molecule is CCN1CCC(CCCN2CCN(C)CC2)CC1. The summed E-state index contributed by atoms with van der Waals surface area (Å²) in [5.74, 6) is 1.01. The first-order valence-corrected chi connectivity index (χ1v) is 7.91. The lowest BCUT2D eigenvalue weighted by atomic mass is 9.92. The average Bonchev–Trinajstić information content (AvgIpc) is 2.42. The summed E-state index contributed by atoms with van der Waals surface area (Å²) in [6, 6.07) is 0. The average molecular weight is 253 g/mol. The fraction of sp³-hybridized carbons (Fsp3) is 1.00. The molecule has 0 spiro atoms. The maximum Gasteiger partial charge on any atom is 0.0110 e. The normalized spacial score (nSPS) is 25.7. The first-order chi connectivity index (χ1) is 8.78. The largest absolute Gasteiger partial charge is 0.304 e. The Labute approximate surface area is 113 Å². The lowest BCUT2D eigenvalue weighted by Crippen LogP contribution is -2.44. The molecule has 2 fully saturated rings. The van der Waals surface area contributed by atoms with Crippen LogP contribution < -0.4 is 0 Å². The van der Waals surface area contributed by atoms with E-state index < -0.39 is 0 Å². The zero-order chi connectivity index (χ0) is 12.8. The number of likely N-dealkylation sites (tertiary alicyclic amines) is 1. The molecular formula is C15H31N3. The van der Waals surface area contributed by atoms with Gasteiger partial charge in [-0.25, -0.2) is 0 Å². The molecule has 0 N–H and O–H groups in total. The number of hydrogen-bond acceptors (Lipinski definition) is 3. The molecule has 2 aliphatic heterocycles.